The van der Waals surface area contributed by atoms with E-state index in [1.54, 1.807) is 12.1 Å². The summed E-state index contributed by atoms with van der Waals surface area (Å²) >= 11 is 11.7. The lowest BCUT2D eigenvalue weighted by atomic mass is 10.1. The number of fused-ring (bicyclic) bond motifs is 1. The van der Waals surface area contributed by atoms with Crippen molar-refractivity contribution in [1.29, 1.82) is 0 Å². The number of hydrogen-bond donors (Lipinski definition) is 1. The largest absolute Gasteiger partial charge is 0.477 e. The summed E-state index contributed by atoms with van der Waals surface area (Å²) in [7, 11) is 0. The van der Waals surface area contributed by atoms with E-state index >= 15 is 0 Å². The fourth-order valence-corrected chi connectivity index (χ4v) is 2.51. The van der Waals surface area contributed by atoms with Gasteiger partial charge in [-0.2, -0.15) is 0 Å². The third-order valence-corrected chi connectivity index (χ3v) is 3.60. The molecule has 3 rings (SSSR count). The molecule has 0 saturated carbocycles. The van der Waals surface area contributed by atoms with Gasteiger partial charge in [0, 0.05) is 11.8 Å². The summed E-state index contributed by atoms with van der Waals surface area (Å²) in [5.74, 6) is -1.70. The minimum Gasteiger partial charge on any atom is -0.477 e. The number of hydrogen-bond acceptors (Lipinski definition) is 2. The predicted molar refractivity (Wildman–Crippen MR) is 77.6 cm³/mol. The van der Waals surface area contributed by atoms with Gasteiger partial charge in [-0.15, -0.1) is 0 Å². The molecule has 2 aromatic heterocycles. The van der Waals surface area contributed by atoms with Crippen LogP contribution in [0.2, 0.25) is 10.0 Å². The molecule has 0 spiro atoms. The maximum Gasteiger partial charge on any atom is 0.352 e. The summed E-state index contributed by atoms with van der Waals surface area (Å²) in [6, 6.07) is 7.14. The number of carbonyl (C=O) groups is 1. The first-order valence-electron chi connectivity index (χ1n) is 5.83. The zero-order chi connectivity index (χ0) is 15.1. The summed E-state index contributed by atoms with van der Waals surface area (Å²) in [6.07, 6.45) is 1.49. The Morgan fingerprint density at radius 1 is 1.24 bits per heavy atom. The number of imidazole rings is 1. The van der Waals surface area contributed by atoms with E-state index in [9.17, 15) is 9.18 Å². The van der Waals surface area contributed by atoms with Gasteiger partial charge in [-0.05, 0) is 24.3 Å². The number of pyridine rings is 1. The highest BCUT2D eigenvalue weighted by atomic mass is 35.5. The predicted octanol–water partition coefficient (Wildman–Crippen LogP) is 4.15. The summed E-state index contributed by atoms with van der Waals surface area (Å²) in [5, 5.41) is 9.30. The van der Waals surface area contributed by atoms with Gasteiger partial charge in [0.2, 0.25) is 0 Å². The number of carboxylic acid groups (broad SMARTS) is 1. The number of aromatic nitrogens is 2. The van der Waals surface area contributed by atoms with E-state index in [-0.39, 0.29) is 15.7 Å². The first-order valence-corrected chi connectivity index (χ1v) is 6.59. The third-order valence-electron chi connectivity index (χ3n) is 3.00. The van der Waals surface area contributed by atoms with E-state index in [0.717, 1.165) is 0 Å². The molecule has 106 valence electrons. The van der Waals surface area contributed by atoms with Crippen molar-refractivity contribution < 1.29 is 14.3 Å². The van der Waals surface area contributed by atoms with Gasteiger partial charge in [0.05, 0.1) is 15.7 Å². The molecule has 0 amide bonds. The van der Waals surface area contributed by atoms with Gasteiger partial charge in [0.15, 0.2) is 0 Å². The van der Waals surface area contributed by atoms with E-state index in [4.69, 9.17) is 28.3 Å². The highest BCUT2D eigenvalue weighted by Crippen LogP contribution is 2.32. The third kappa shape index (κ3) is 2.34. The summed E-state index contributed by atoms with van der Waals surface area (Å²) in [6.45, 7) is 0. The van der Waals surface area contributed by atoms with Crippen LogP contribution in [-0.4, -0.2) is 20.5 Å². The SMILES string of the molecule is O=C(O)c1cccc2nc(-c3cc(F)c(Cl)cc3Cl)cn12. The molecular weight excluding hydrogens is 318 g/mol. The van der Waals surface area contributed by atoms with Gasteiger partial charge >= 0.3 is 5.97 Å². The fraction of sp³-hybridized carbons (Fsp3) is 0. The van der Waals surface area contributed by atoms with Crippen LogP contribution < -0.4 is 0 Å². The van der Waals surface area contributed by atoms with Gasteiger partial charge in [-0.25, -0.2) is 14.2 Å². The van der Waals surface area contributed by atoms with E-state index in [1.165, 1.54) is 28.8 Å². The second-order valence-electron chi connectivity index (χ2n) is 4.32. The minimum atomic E-state index is -1.09. The molecule has 2 heterocycles. The van der Waals surface area contributed by atoms with Crippen molar-refractivity contribution in [3.63, 3.8) is 0 Å². The number of benzene rings is 1. The van der Waals surface area contributed by atoms with Crippen LogP contribution in [-0.2, 0) is 0 Å². The van der Waals surface area contributed by atoms with Crippen LogP contribution >= 0.6 is 23.2 Å². The normalized spacial score (nSPS) is 11.0. The Morgan fingerprint density at radius 2 is 2.00 bits per heavy atom. The number of halogens is 3. The van der Waals surface area contributed by atoms with Crippen molar-refractivity contribution in [2.24, 2.45) is 0 Å². The summed E-state index contributed by atoms with van der Waals surface area (Å²) in [5.41, 5.74) is 1.19. The second-order valence-corrected chi connectivity index (χ2v) is 5.13. The molecule has 0 saturated heterocycles. The van der Waals surface area contributed by atoms with Crippen molar-refractivity contribution in [3.05, 3.63) is 58.1 Å². The van der Waals surface area contributed by atoms with Crippen LogP contribution in [0.3, 0.4) is 0 Å². The molecule has 0 bridgehead atoms. The quantitative estimate of drug-likeness (QED) is 0.720. The van der Waals surface area contributed by atoms with E-state index < -0.39 is 11.8 Å². The molecule has 3 aromatic rings. The van der Waals surface area contributed by atoms with Gasteiger partial charge in [0.1, 0.15) is 17.2 Å². The van der Waals surface area contributed by atoms with Gasteiger partial charge in [-0.3, -0.25) is 4.40 Å². The molecule has 0 unspecified atom stereocenters. The van der Waals surface area contributed by atoms with Crippen molar-refractivity contribution in [2.75, 3.05) is 0 Å². The van der Waals surface area contributed by atoms with Crippen molar-refractivity contribution in [3.8, 4) is 11.3 Å². The number of carboxylic acids is 1. The first kappa shape index (κ1) is 13.9. The molecule has 0 aliphatic heterocycles. The molecule has 0 fully saturated rings. The van der Waals surface area contributed by atoms with Gasteiger partial charge in [-0.1, -0.05) is 29.3 Å². The lowest BCUT2D eigenvalue weighted by Gasteiger charge is -2.02. The second kappa shape index (κ2) is 5.02. The Labute approximate surface area is 128 Å². The summed E-state index contributed by atoms with van der Waals surface area (Å²) in [4.78, 5) is 15.4. The van der Waals surface area contributed by atoms with Crippen LogP contribution in [0, 0.1) is 5.82 Å². The van der Waals surface area contributed by atoms with Crippen molar-refractivity contribution in [2.45, 2.75) is 0 Å². The lowest BCUT2D eigenvalue weighted by molar-refractivity contribution is 0.0689. The maximum atomic E-state index is 13.6. The van der Waals surface area contributed by atoms with Crippen LogP contribution in [0.5, 0.6) is 0 Å². The van der Waals surface area contributed by atoms with Crippen molar-refractivity contribution in [1.82, 2.24) is 9.38 Å². The van der Waals surface area contributed by atoms with Gasteiger partial charge < -0.3 is 5.11 Å². The molecule has 0 aliphatic rings. The Kier molecular flexibility index (Phi) is 3.31. The zero-order valence-corrected chi connectivity index (χ0v) is 11.9. The smallest absolute Gasteiger partial charge is 0.352 e. The highest BCUT2D eigenvalue weighted by Gasteiger charge is 2.15. The summed E-state index contributed by atoms with van der Waals surface area (Å²) < 4.78 is 15.0. The number of rotatable bonds is 2. The minimum absolute atomic E-state index is 0.0526. The molecule has 0 radical (unpaired) electrons. The first-order chi connectivity index (χ1) is 9.97. The molecule has 4 nitrogen and oxygen atoms in total. The Hall–Kier alpha value is -2.11. The van der Waals surface area contributed by atoms with E-state index in [2.05, 4.69) is 4.98 Å². The number of aromatic carboxylic acids is 1. The zero-order valence-electron chi connectivity index (χ0n) is 10.3. The van der Waals surface area contributed by atoms with Crippen LogP contribution in [0.1, 0.15) is 10.5 Å². The standard InChI is InChI=1S/C14H7Cl2FN2O2/c15-8-5-9(16)10(17)4-7(8)11-6-19-12(14(20)21)2-1-3-13(19)18-11/h1-6H,(H,20,21). The van der Waals surface area contributed by atoms with Gasteiger partial charge in [0.25, 0.3) is 0 Å². The lowest BCUT2D eigenvalue weighted by Crippen LogP contribution is -2.03. The average Bonchev–Trinajstić information content (AvgIpc) is 2.85. The fourth-order valence-electron chi connectivity index (χ4n) is 2.03. The molecular formula is C14H7Cl2FN2O2. The molecule has 1 N–H and O–H groups in total. The highest BCUT2D eigenvalue weighted by molar-refractivity contribution is 6.36. The van der Waals surface area contributed by atoms with Crippen LogP contribution in [0.25, 0.3) is 16.9 Å². The average molecular weight is 325 g/mol. The Morgan fingerprint density at radius 3 is 2.71 bits per heavy atom. The Balaban J connectivity index is 2.25. The monoisotopic (exact) mass is 324 g/mol. The Bertz CT molecular complexity index is 877. The number of nitrogens with zero attached hydrogens (tertiary/aromatic N) is 2. The van der Waals surface area contributed by atoms with E-state index in [0.29, 0.717) is 16.9 Å². The topological polar surface area (TPSA) is 54.6 Å². The molecule has 7 heteroatoms. The molecule has 0 aliphatic carbocycles. The molecule has 0 atom stereocenters. The molecule has 1 aromatic carbocycles. The van der Waals surface area contributed by atoms with Crippen molar-refractivity contribution >= 4 is 34.8 Å². The maximum absolute atomic E-state index is 13.6. The van der Waals surface area contributed by atoms with Crippen LogP contribution in [0.4, 0.5) is 4.39 Å². The van der Waals surface area contributed by atoms with E-state index in [1.807, 2.05) is 0 Å². The molecule has 21 heavy (non-hydrogen) atoms. The van der Waals surface area contributed by atoms with Crippen LogP contribution in [0.15, 0.2) is 36.5 Å².